The Kier molecular flexibility index (Phi) is 15.5. The second kappa shape index (κ2) is 17.7. The van der Waals surface area contributed by atoms with E-state index in [2.05, 4.69) is 6.92 Å². The molecule has 0 spiro atoms. The van der Waals surface area contributed by atoms with E-state index in [1.165, 1.54) is 63.5 Å². The normalized spacial score (nSPS) is 11.8. The van der Waals surface area contributed by atoms with Crippen LogP contribution in [0.15, 0.2) is 24.3 Å². The first-order valence-corrected chi connectivity index (χ1v) is 11.9. The molecule has 2 N–H and O–H groups in total. The van der Waals surface area contributed by atoms with E-state index in [4.69, 9.17) is 14.6 Å². The number of esters is 2. The van der Waals surface area contributed by atoms with Crippen LogP contribution in [0.1, 0.15) is 111 Å². The Bertz CT molecular complexity index is 616. The van der Waals surface area contributed by atoms with Crippen LogP contribution in [0.3, 0.4) is 0 Å². The Balaban J connectivity index is 2.25. The predicted molar refractivity (Wildman–Crippen MR) is 121 cm³/mol. The SMILES string of the molecule is CCCCCCCCCCCCCOC(=O)c1ccccc1C(=O)O[C@H](O)CCCO. The van der Waals surface area contributed by atoms with Gasteiger partial charge < -0.3 is 19.7 Å². The van der Waals surface area contributed by atoms with Gasteiger partial charge in [-0.25, -0.2) is 9.59 Å². The molecule has 0 saturated carbocycles. The highest BCUT2D eigenvalue weighted by atomic mass is 16.6. The molecular formula is C25H40O6. The summed E-state index contributed by atoms with van der Waals surface area (Å²) in [5, 5.41) is 18.5. The van der Waals surface area contributed by atoms with Gasteiger partial charge in [-0.1, -0.05) is 83.3 Å². The molecule has 0 aliphatic carbocycles. The third-order valence-corrected chi connectivity index (χ3v) is 5.20. The largest absolute Gasteiger partial charge is 0.462 e. The quantitative estimate of drug-likeness (QED) is 0.182. The van der Waals surface area contributed by atoms with Gasteiger partial charge in [-0.3, -0.25) is 0 Å². The lowest BCUT2D eigenvalue weighted by atomic mass is 10.1. The van der Waals surface area contributed by atoms with E-state index in [1.54, 1.807) is 12.1 Å². The first-order valence-electron chi connectivity index (χ1n) is 11.9. The first-order chi connectivity index (χ1) is 15.1. The molecule has 0 fully saturated rings. The van der Waals surface area contributed by atoms with Gasteiger partial charge in [0.2, 0.25) is 6.29 Å². The lowest BCUT2D eigenvalue weighted by Gasteiger charge is -2.13. The van der Waals surface area contributed by atoms with Crippen molar-refractivity contribution in [1.29, 1.82) is 0 Å². The monoisotopic (exact) mass is 436 g/mol. The van der Waals surface area contributed by atoms with Crippen LogP contribution in [0.2, 0.25) is 0 Å². The summed E-state index contributed by atoms with van der Waals surface area (Å²) in [4.78, 5) is 24.7. The molecule has 31 heavy (non-hydrogen) atoms. The predicted octanol–water partition coefficient (Wildman–Crippen LogP) is 5.40. The molecule has 0 radical (unpaired) electrons. The summed E-state index contributed by atoms with van der Waals surface area (Å²) in [5.41, 5.74) is 0.194. The van der Waals surface area contributed by atoms with Crippen molar-refractivity contribution < 1.29 is 29.3 Å². The van der Waals surface area contributed by atoms with E-state index < -0.39 is 18.2 Å². The third-order valence-electron chi connectivity index (χ3n) is 5.20. The van der Waals surface area contributed by atoms with Crippen molar-refractivity contribution in [2.45, 2.75) is 96.7 Å². The number of hydrogen-bond acceptors (Lipinski definition) is 6. The van der Waals surface area contributed by atoms with E-state index in [-0.39, 0.29) is 24.2 Å². The van der Waals surface area contributed by atoms with Gasteiger partial charge in [0.05, 0.1) is 17.7 Å². The highest BCUT2D eigenvalue weighted by Gasteiger charge is 2.21. The van der Waals surface area contributed by atoms with Crippen LogP contribution in [0.25, 0.3) is 0 Å². The average Bonchev–Trinajstić information content (AvgIpc) is 2.78. The molecular weight excluding hydrogens is 396 g/mol. The Labute approximate surface area is 187 Å². The topological polar surface area (TPSA) is 93.1 Å². The van der Waals surface area contributed by atoms with Crippen LogP contribution in [-0.2, 0) is 9.47 Å². The fraction of sp³-hybridized carbons (Fsp3) is 0.680. The van der Waals surface area contributed by atoms with Gasteiger partial charge in [0.1, 0.15) is 0 Å². The van der Waals surface area contributed by atoms with Gasteiger partial charge in [-0.15, -0.1) is 0 Å². The van der Waals surface area contributed by atoms with Crippen molar-refractivity contribution in [2.75, 3.05) is 13.2 Å². The van der Waals surface area contributed by atoms with E-state index in [1.807, 2.05) is 0 Å². The minimum absolute atomic E-state index is 0.0643. The van der Waals surface area contributed by atoms with Crippen molar-refractivity contribution in [3.63, 3.8) is 0 Å². The molecule has 1 rings (SSSR count). The standard InChI is InChI=1S/C25H40O6/c1-2-3-4-5-6-7-8-9-10-11-14-20-30-24(28)21-16-12-13-17-22(21)25(29)31-23(27)18-15-19-26/h12-13,16-17,23,26-27H,2-11,14-15,18-20H2,1H3/t23-/m0/s1. The number of benzene rings is 1. The van der Waals surface area contributed by atoms with Crippen LogP contribution in [0.4, 0.5) is 0 Å². The number of ether oxygens (including phenoxy) is 2. The molecule has 1 aromatic rings. The Hall–Kier alpha value is -1.92. The zero-order valence-corrected chi connectivity index (χ0v) is 19.0. The zero-order valence-electron chi connectivity index (χ0n) is 19.0. The molecule has 0 unspecified atom stereocenters. The molecule has 1 atom stereocenters. The molecule has 6 heteroatoms. The molecule has 0 aromatic heterocycles. The molecule has 0 amide bonds. The molecule has 176 valence electrons. The van der Waals surface area contributed by atoms with Crippen LogP contribution in [0.5, 0.6) is 0 Å². The number of carbonyl (C=O) groups is 2. The number of aliphatic hydroxyl groups excluding tert-OH is 2. The summed E-state index contributed by atoms with van der Waals surface area (Å²) < 4.78 is 10.3. The van der Waals surface area contributed by atoms with Crippen LogP contribution in [-0.4, -0.2) is 41.7 Å². The maximum absolute atomic E-state index is 12.4. The fourth-order valence-corrected chi connectivity index (χ4v) is 3.36. The minimum atomic E-state index is -1.32. The zero-order chi connectivity index (χ0) is 22.7. The van der Waals surface area contributed by atoms with E-state index in [9.17, 15) is 14.7 Å². The van der Waals surface area contributed by atoms with Crippen LogP contribution in [0, 0.1) is 0 Å². The number of rotatable bonds is 18. The molecule has 0 saturated heterocycles. The minimum Gasteiger partial charge on any atom is -0.462 e. The summed E-state index contributed by atoms with van der Waals surface area (Å²) in [6.45, 7) is 2.45. The molecule has 0 bridgehead atoms. The van der Waals surface area contributed by atoms with E-state index in [0.717, 1.165) is 19.3 Å². The van der Waals surface area contributed by atoms with Crippen molar-refractivity contribution >= 4 is 11.9 Å². The summed E-state index contributed by atoms with van der Waals surface area (Å²) in [6.07, 6.45) is 12.5. The van der Waals surface area contributed by atoms with Gasteiger partial charge in [-0.2, -0.15) is 0 Å². The average molecular weight is 437 g/mol. The summed E-state index contributed by atoms with van der Waals surface area (Å²) >= 11 is 0. The highest BCUT2D eigenvalue weighted by Crippen LogP contribution is 2.15. The Morgan fingerprint density at radius 3 is 1.87 bits per heavy atom. The van der Waals surface area contributed by atoms with E-state index in [0.29, 0.717) is 13.0 Å². The maximum atomic E-state index is 12.4. The van der Waals surface area contributed by atoms with Gasteiger partial charge in [-0.05, 0) is 25.0 Å². The summed E-state index contributed by atoms with van der Waals surface area (Å²) in [6, 6.07) is 6.26. The first kappa shape index (κ1) is 27.1. The number of aliphatic hydroxyl groups is 2. The molecule has 0 aliphatic rings. The lowest BCUT2D eigenvalue weighted by Crippen LogP contribution is -2.20. The van der Waals surface area contributed by atoms with Crippen LogP contribution < -0.4 is 0 Å². The second-order valence-corrected chi connectivity index (χ2v) is 7.94. The van der Waals surface area contributed by atoms with Gasteiger partial charge in [0.15, 0.2) is 0 Å². The Morgan fingerprint density at radius 2 is 1.32 bits per heavy atom. The summed E-state index contributed by atoms with van der Waals surface area (Å²) in [5.74, 6) is -1.35. The number of hydrogen-bond donors (Lipinski definition) is 2. The van der Waals surface area contributed by atoms with Crippen molar-refractivity contribution in [1.82, 2.24) is 0 Å². The third kappa shape index (κ3) is 12.5. The van der Waals surface area contributed by atoms with Crippen LogP contribution >= 0.6 is 0 Å². The maximum Gasteiger partial charge on any atom is 0.341 e. The van der Waals surface area contributed by atoms with Crippen molar-refractivity contribution in [2.24, 2.45) is 0 Å². The molecule has 6 nitrogen and oxygen atoms in total. The van der Waals surface area contributed by atoms with Crippen molar-refractivity contribution in [3.05, 3.63) is 35.4 Å². The molecule has 0 heterocycles. The van der Waals surface area contributed by atoms with Crippen molar-refractivity contribution in [3.8, 4) is 0 Å². The Morgan fingerprint density at radius 1 is 0.806 bits per heavy atom. The molecule has 0 aliphatic heterocycles. The highest BCUT2D eigenvalue weighted by molar-refractivity contribution is 6.03. The smallest absolute Gasteiger partial charge is 0.341 e. The summed E-state index contributed by atoms with van der Waals surface area (Å²) in [7, 11) is 0. The van der Waals surface area contributed by atoms with E-state index >= 15 is 0 Å². The van der Waals surface area contributed by atoms with Gasteiger partial charge >= 0.3 is 11.9 Å². The second-order valence-electron chi connectivity index (χ2n) is 7.94. The van der Waals surface area contributed by atoms with Gasteiger partial charge in [0.25, 0.3) is 0 Å². The lowest BCUT2D eigenvalue weighted by molar-refractivity contribution is -0.0708. The number of carbonyl (C=O) groups excluding carboxylic acids is 2. The van der Waals surface area contributed by atoms with Gasteiger partial charge in [0, 0.05) is 13.0 Å². The number of unbranched alkanes of at least 4 members (excludes halogenated alkanes) is 10. The fourth-order valence-electron chi connectivity index (χ4n) is 3.36. The molecule has 1 aromatic carbocycles.